The maximum Gasteiger partial charge on any atom is 0.323 e. The highest BCUT2D eigenvalue weighted by molar-refractivity contribution is 8.76. The fourth-order valence-electron chi connectivity index (χ4n) is 5.90. The van der Waals surface area contributed by atoms with Gasteiger partial charge in [-0.15, -0.1) is 0 Å². The van der Waals surface area contributed by atoms with Crippen LogP contribution in [-0.4, -0.2) is 85.7 Å². The van der Waals surface area contributed by atoms with E-state index in [9.17, 15) is 19.2 Å². The second-order valence-corrected chi connectivity index (χ2v) is 16.2. The van der Waals surface area contributed by atoms with E-state index in [1.54, 1.807) is 45.5 Å². The minimum absolute atomic E-state index is 0.0328. The molecule has 0 radical (unpaired) electrons. The van der Waals surface area contributed by atoms with Gasteiger partial charge < -0.3 is 30.6 Å². The van der Waals surface area contributed by atoms with Gasteiger partial charge in [0.2, 0.25) is 23.2 Å². The van der Waals surface area contributed by atoms with Gasteiger partial charge in [-0.1, -0.05) is 45.9 Å². The number of likely N-dealkylation sites (N-methyl/N-ethyl adjacent to an activating group) is 2. The lowest BCUT2D eigenvalue weighted by Crippen LogP contribution is -2.37. The monoisotopic (exact) mass is 826 g/mol. The van der Waals surface area contributed by atoms with E-state index in [1.807, 2.05) is 122 Å². The number of anilines is 2. The molecule has 0 bridgehead atoms. The number of hydrogen-bond donors (Lipinski definition) is 4. The number of nitrogens with zero attached hydrogens (tertiary/aromatic N) is 4. The van der Waals surface area contributed by atoms with Gasteiger partial charge in [-0.25, -0.2) is 0 Å². The molecular weight excluding hydrogens is 773 g/mol. The third kappa shape index (κ3) is 16.9. The average molecular weight is 827 g/mol. The zero-order valence-corrected chi connectivity index (χ0v) is 34.8. The summed E-state index contributed by atoms with van der Waals surface area (Å²) in [4.78, 5) is 50.2. The Bertz CT molecular complexity index is 1850. The number of amides is 2. The van der Waals surface area contributed by atoms with Crippen molar-refractivity contribution in [3.8, 4) is 0 Å². The van der Waals surface area contributed by atoms with Crippen LogP contribution in [0.15, 0.2) is 97.3 Å². The highest BCUT2D eigenvalue weighted by Crippen LogP contribution is 2.19. The fourth-order valence-corrected chi connectivity index (χ4v) is 7.71. The fraction of sp³-hybridized carbons (Fsp3) is 0.318. The molecule has 0 aliphatic rings. The van der Waals surface area contributed by atoms with E-state index in [2.05, 4.69) is 19.8 Å². The Morgan fingerprint density at radius 3 is 1.36 bits per heavy atom. The van der Waals surface area contributed by atoms with Crippen molar-refractivity contribution >= 4 is 81.0 Å². The lowest BCUT2D eigenvalue weighted by atomic mass is 10.1. The molecule has 2 aromatic heterocycles. The number of pyridine rings is 2. The van der Waals surface area contributed by atoms with Gasteiger partial charge in [-0.3, -0.25) is 19.2 Å². The van der Waals surface area contributed by atoms with Crippen LogP contribution in [0, 0.1) is 0 Å². The summed E-state index contributed by atoms with van der Waals surface area (Å²) >= 11 is 0. The van der Waals surface area contributed by atoms with Crippen molar-refractivity contribution in [3.63, 3.8) is 0 Å². The second-order valence-electron chi connectivity index (χ2n) is 13.5. The molecular formula is C44H54N6O6S2+2. The number of carboxylic acids is 2. The molecule has 0 saturated carbocycles. The molecule has 0 atom stereocenters. The summed E-state index contributed by atoms with van der Waals surface area (Å²) in [5.74, 6) is -0.116. The first kappa shape index (κ1) is 45.1. The first-order valence-electron chi connectivity index (χ1n) is 19.2. The van der Waals surface area contributed by atoms with Crippen molar-refractivity contribution in [1.29, 1.82) is 0 Å². The van der Waals surface area contributed by atoms with Crippen molar-refractivity contribution in [2.24, 2.45) is 0 Å². The molecule has 14 heteroatoms. The summed E-state index contributed by atoms with van der Waals surface area (Å²) in [5, 5.41) is 24.0. The summed E-state index contributed by atoms with van der Waals surface area (Å²) in [6.07, 6.45) is 14.4. The van der Waals surface area contributed by atoms with Crippen molar-refractivity contribution < 1.29 is 38.5 Å². The van der Waals surface area contributed by atoms with Gasteiger partial charge in [0, 0.05) is 112 Å². The van der Waals surface area contributed by atoms with Crippen LogP contribution >= 0.6 is 21.6 Å². The van der Waals surface area contributed by atoms with Crippen molar-refractivity contribution in [3.05, 3.63) is 120 Å². The van der Waals surface area contributed by atoms with Gasteiger partial charge in [0.25, 0.3) is 0 Å². The number of carbonyl (C=O) groups is 4. The van der Waals surface area contributed by atoms with Crippen molar-refractivity contribution in [1.82, 2.24) is 10.6 Å². The molecule has 4 aromatic rings. The zero-order chi connectivity index (χ0) is 41.5. The average Bonchev–Trinajstić information content (AvgIpc) is 3.21. The van der Waals surface area contributed by atoms with Crippen LogP contribution in [0.4, 0.5) is 11.4 Å². The quantitative estimate of drug-likeness (QED) is 0.0383. The Balaban J connectivity index is 1.04. The SMILES string of the molecule is CN(CC(=O)O)c1ccc(C=Cc2cccc[n+]2CCCC(=O)NCCSSCCNC(=O)CCC[n+]2ccccc2C=Cc2ccc(N(C)CC(=O)O)cc2)cc1. The lowest BCUT2D eigenvalue weighted by molar-refractivity contribution is -0.699. The summed E-state index contributed by atoms with van der Waals surface area (Å²) in [6.45, 7) is 2.48. The lowest BCUT2D eigenvalue weighted by Gasteiger charge is -2.16. The van der Waals surface area contributed by atoms with Gasteiger partial charge in [0.1, 0.15) is 26.2 Å². The van der Waals surface area contributed by atoms with Crippen molar-refractivity contribution in [2.45, 2.75) is 38.8 Å². The Kier molecular flexibility index (Phi) is 19.4. The normalized spacial score (nSPS) is 11.1. The number of carboxylic acid groups (broad SMARTS) is 2. The van der Waals surface area contributed by atoms with Crippen LogP contribution in [0.25, 0.3) is 24.3 Å². The summed E-state index contributed by atoms with van der Waals surface area (Å²) in [5.41, 5.74) is 5.73. The minimum Gasteiger partial charge on any atom is -0.480 e. The first-order chi connectivity index (χ1) is 28.1. The topological polar surface area (TPSA) is 147 Å². The second kappa shape index (κ2) is 24.9. The van der Waals surface area contributed by atoms with E-state index >= 15 is 0 Å². The van der Waals surface area contributed by atoms with Gasteiger partial charge in [-0.05, 0) is 59.7 Å². The van der Waals surface area contributed by atoms with Gasteiger partial charge >= 0.3 is 11.9 Å². The van der Waals surface area contributed by atoms with Gasteiger partial charge in [-0.2, -0.15) is 9.13 Å². The molecule has 12 nitrogen and oxygen atoms in total. The number of hydrogen-bond acceptors (Lipinski definition) is 8. The number of nitrogens with one attached hydrogen (secondary N) is 2. The number of carbonyl (C=O) groups excluding carboxylic acids is 2. The van der Waals surface area contributed by atoms with Crippen LogP contribution in [0.1, 0.15) is 48.2 Å². The maximum absolute atomic E-state index is 12.5. The maximum atomic E-state index is 12.5. The number of aryl methyl sites for hydroxylation is 2. The standard InChI is InChI=1S/C44H52N6O6S2/c1-47(33-43(53)54)37-19-13-35(14-20-37)17-23-39-9-3-5-27-49(39)29-7-11-41(51)45-25-31-57-58-32-26-46-42(52)12-8-30-50-28-6-4-10-40(50)24-18-36-15-21-38(22-16-36)48(2)34-44(55)56/h3-6,9-10,13-24,27-28H,7-8,11-12,25-26,29-34H2,1-2H3,(H2-2,45,46,51,52,53,54,55,56)/p+2. The molecule has 58 heavy (non-hydrogen) atoms. The van der Waals surface area contributed by atoms with Crippen LogP contribution in [0.5, 0.6) is 0 Å². The Morgan fingerprint density at radius 2 is 0.983 bits per heavy atom. The largest absolute Gasteiger partial charge is 0.480 e. The molecule has 4 rings (SSSR count). The van der Waals surface area contributed by atoms with Crippen LogP contribution < -0.4 is 29.6 Å². The number of aliphatic carboxylic acids is 2. The Morgan fingerprint density at radius 1 is 0.586 bits per heavy atom. The number of aromatic nitrogens is 2. The van der Waals surface area contributed by atoms with Gasteiger partial charge in [0.05, 0.1) is 0 Å². The van der Waals surface area contributed by atoms with E-state index in [4.69, 9.17) is 10.2 Å². The molecule has 0 aliphatic heterocycles. The molecule has 306 valence electrons. The first-order valence-corrected chi connectivity index (χ1v) is 21.7. The third-order valence-electron chi connectivity index (χ3n) is 8.96. The molecule has 0 saturated heterocycles. The summed E-state index contributed by atoms with van der Waals surface area (Å²) < 4.78 is 4.25. The molecule has 0 spiro atoms. The Labute approximate surface area is 349 Å². The highest BCUT2D eigenvalue weighted by atomic mass is 33.1. The van der Waals surface area contributed by atoms with Crippen LogP contribution in [0.3, 0.4) is 0 Å². The molecule has 0 aliphatic carbocycles. The molecule has 4 N–H and O–H groups in total. The zero-order valence-electron chi connectivity index (χ0n) is 33.2. The minimum atomic E-state index is -0.873. The van der Waals surface area contributed by atoms with Gasteiger partial charge in [0.15, 0.2) is 12.4 Å². The summed E-state index contributed by atoms with van der Waals surface area (Å²) in [6, 6.07) is 27.4. The predicted octanol–water partition coefficient (Wildman–Crippen LogP) is 5.52. The number of benzene rings is 2. The smallest absolute Gasteiger partial charge is 0.323 e. The van der Waals surface area contributed by atoms with Crippen molar-refractivity contribution in [2.75, 3.05) is 61.6 Å². The highest BCUT2D eigenvalue weighted by Gasteiger charge is 2.11. The van der Waals surface area contributed by atoms with Crippen LogP contribution in [-0.2, 0) is 32.3 Å². The molecule has 2 heterocycles. The molecule has 0 unspecified atom stereocenters. The van der Waals surface area contributed by atoms with E-state index in [-0.39, 0.29) is 24.9 Å². The van der Waals surface area contributed by atoms with E-state index in [1.165, 1.54) is 0 Å². The Hall–Kier alpha value is -5.60. The van der Waals surface area contributed by atoms with Crippen LogP contribution in [0.2, 0.25) is 0 Å². The third-order valence-corrected chi connectivity index (χ3v) is 11.4. The van der Waals surface area contributed by atoms with E-state index in [0.717, 1.165) is 45.4 Å². The number of rotatable bonds is 25. The molecule has 0 fully saturated rings. The van der Waals surface area contributed by atoms with E-state index in [0.29, 0.717) is 51.9 Å². The molecule has 2 aromatic carbocycles. The molecule has 2 amide bonds. The van der Waals surface area contributed by atoms with E-state index < -0.39 is 11.9 Å². The summed E-state index contributed by atoms with van der Waals surface area (Å²) in [7, 11) is 6.86. The predicted molar refractivity (Wildman–Crippen MR) is 235 cm³/mol.